The summed E-state index contributed by atoms with van der Waals surface area (Å²) in [4.78, 5) is 12.1. The molecule has 0 aromatic heterocycles. The third-order valence-corrected chi connectivity index (χ3v) is 5.45. The van der Waals surface area contributed by atoms with E-state index in [0.717, 1.165) is 0 Å². The average molecular weight is 428 g/mol. The number of carbonyl (C=O) groups excluding carboxylic acids is 1. The second-order valence-corrected chi connectivity index (χ2v) is 8.00. The van der Waals surface area contributed by atoms with Gasteiger partial charge in [-0.15, -0.1) is 12.4 Å². The number of hydrogen-bond acceptors (Lipinski definition) is 5. The van der Waals surface area contributed by atoms with Crippen molar-refractivity contribution < 1.29 is 17.9 Å². The van der Waals surface area contributed by atoms with Crippen molar-refractivity contribution in [1.29, 1.82) is 0 Å². The number of ether oxygens (including phenoxy) is 1. The van der Waals surface area contributed by atoms with Crippen LogP contribution in [-0.2, 0) is 14.8 Å². The lowest BCUT2D eigenvalue weighted by Gasteiger charge is -2.14. The van der Waals surface area contributed by atoms with Crippen LogP contribution in [0, 0.1) is 6.92 Å². The van der Waals surface area contributed by atoms with Gasteiger partial charge in [-0.05, 0) is 50.1 Å². The van der Waals surface area contributed by atoms with Crippen molar-refractivity contribution in [3.05, 3.63) is 48.0 Å². The second-order valence-electron chi connectivity index (χ2n) is 6.35. The zero-order valence-corrected chi connectivity index (χ0v) is 17.7. The molecule has 0 spiro atoms. The number of benzene rings is 2. The largest absolute Gasteiger partial charge is 0.495 e. The Balaban J connectivity index is 0.00000392. The van der Waals surface area contributed by atoms with Gasteiger partial charge >= 0.3 is 0 Å². The Morgan fingerprint density at radius 2 is 1.89 bits per heavy atom. The molecular weight excluding hydrogens is 402 g/mol. The van der Waals surface area contributed by atoms with Crippen LogP contribution in [0.15, 0.2) is 47.4 Å². The number of nitrogens with two attached hydrogens (primary N) is 1. The van der Waals surface area contributed by atoms with Gasteiger partial charge in [-0.2, -0.15) is 0 Å². The Bertz CT molecular complexity index is 917. The van der Waals surface area contributed by atoms with Crippen molar-refractivity contribution in [1.82, 2.24) is 0 Å². The fourth-order valence-corrected chi connectivity index (χ4v) is 3.82. The maximum Gasteiger partial charge on any atom is 0.262 e. The molecule has 0 aliphatic carbocycles. The molecule has 28 heavy (non-hydrogen) atoms. The zero-order valence-electron chi connectivity index (χ0n) is 16.1. The predicted octanol–water partition coefficient (Wildman–Crippen LogP) is 3.29. The molecule has 1 atom stereocenters. The van der Waals surface area contributed by atoms with Gasteiger partial charge in [0.25, 0.3) is 10.0 Å². The standard InChI is InChI=1S/C19H25N3O4S.ClH/c1-13-8-10-15(21-19(23)11-9-14(2)20)12-18(13)27(24,25)22-16-6-4-5-7-17(16)26-3;/h4-8,10,12,14,22H,9,11,20H2,1-3H3,(H,21,23);1H. The van der Waals surface area contributed by atoms with Crippen molar-refractivity contribution in [2.75, 3.05) is 17.1 Å². The number of para-hydroxylation sites is 2. The maximum absolute atomic E-state index is 12.8. The molecule has 0 bridgehead atoms. The van der Waals surface area contributed by atoms with Crippen LogP contribution >= 0.6 is 12.4 Å². The number of carbonyl (C=O) groups is 1. The minimum atomic E-state index is -3.86. The van der Waals surface area contributed by atoms with Crippen molar-refractivity contribution in [2.24, 2.45) is 5.73 Å². The summed E-state index contributed by atoms with van der Waals surface area (Å²) < 4.78 is 33.4. The number of anilines is 2. The molecule has 0 aliphatic heterocycles. The van der Waals surface area contributed by atoms with Crippen LogP contribution in [0.2, 0.25) is 0 Å². The van der Waals surface area contributed by atoms with E-state index in [-0.39, 0.29) is 35.7 Å². The molecule has 0 radical (unpaired) electrons. The minimum Gasteiger partial charge on any atom is -0.495 e. The van der Waals surface area contributed by atoms with Crippen LogP contribution in [0.1, 0.15) is 25.3 Å². The van der Waals surface area contributed by atoms with E-state index < -0.39 is 10.0 Å². The second kappa shape index (κ2) is 10.3. The number of rotatable bonds is 8. The molecule has 0 aliphatic rings. The number of hydrogen-bond donors (Lipinski definition) is 3. The fraction of sp³-hybridized carbons (Fsp3) is 0.316. The molecular formula is C19H26ClN3O4S. The summed E-state index contributed by atoms with van der Waals surface area (Å²) in [6.45, 7) is 3.52. The Hall–Kier alpha value is -2.29. The summed E-state index contributed by atoms with van der Waals surface area (Å²) in [6.07, 6.45) is 0.825. The van der Waals surface area contributed by atoms with Crippen molar-refractivity contribution >= 4 is 39.7 Å². The van der Waals surface area contributed by atoms with E-state index >= 15 is 0 Å². The van der Waals surface area contributed by atoms with Crippen LogP contribution in [-0.4, -0.2) is 27.5 Å². The number of halogens is 1. The molecule has 2 aromatic rings. The van der Waals surface area contributed by atoms with Gasteiger partial charge in [-0.25, -0.2) is 8.42 Å². The van der Waals surface area contributed by atoms with E-state index in [2.05, 4.69) is 10.0 Å². The van der Waals surface area contributed by atoms with Crippen LogP contribution in [0.4, 0.5) is 11.4 Å². The molecule has 2 rings (SSSR count). The molecule has 7 nitrogen and oxygen atoms in total. The van der Waals surface area contributed by atoms with E-state index in [4.69, 9.17) is 10.5 Å². The predicted molar refractivity (Wildman–Crippen MR) is 114 cm³/mol. The number of amides is 1. The third-order valence-electron chi connectivity index (χ3n) is 3.94. The molecule has 154 valence electrons. The third kappa shape index (κ3) is 6.40. The molecule has 0 heterocycles. The molecule has 0 saturated heterocycles. The molecule has 2 aromatic carbocycles. The van der Waals surface area contributed by atoms with E-state index in [1.807, 2.05) is 6.92 Å². The summed E-state index contributed by atoms with van der Waals surface area (Å²) in [5.74, 6) is 0.205. The minimum absolute atomic E-state index is 0. The first-order chi connectivity index (χ1) is 12.7. The van der Waals surface area contributed by atoms with Crippen LogP contribution in [0.25, 0.3) is 0 Å². The van der Waals surface area contributed by atoms with Gasteiger partial charge in [-0.3, -0.25) is 9.52 Å². The normalized spacial score (nSPS) is 11.9. The van der Waals surface area contributed by atoms with Gasteiger partial charge in [-0.1, -0.05) is 18.2 Å². The highest BCUT2D eigenvalue weighted by Gasteiger charge is 2.19. The Kier molecular flexibility index (Phi) is 8.74. The van der Waals surface area contributed by atoms with Gasteiger partial charge in [0.05, 0.1) is 17.7 Å². The lowest BCUT2D eigenvalue weighted by Crippen LogP contribution is -2.20. The summed E-state index contributed by atoms with van der Waals surface area (Å²) in [6, 6.07) is 11.4. The Morgan fingerprint density at radius 3 is 2.54 bits per heavy atom. The topological polar surface area (TPSA) is 111 Å². The number of aryl methyl sites for hydroxylation is 1. The van der Waals surface area contributed by atoms with E-state index in [1.54, 1.807) is 43.3 Å². The first-order valence-corrected chi connectivity index (χ1v) is 10.0. The maximum atomic E-state index is 12.8. The number of methoxy groups -OCH3 is 1. The zero-order chi connectivity index (χ0) is 20.0. The van der Waals surface area contributed by atoms with E-state index in [1.165, 1.54) is 13.2 Å². The molecule has 0 fully saturated rings. The summed E-state index contributed by atoms with van der Waals surface area (Å²) in [5.41, 5.74) is 6.97. The molecule has 1 unspecified atom stereocenters. The average Bonchev–Trinajstić information content (AvgIpc) is 2.61. The lowest BCUT2D eigenvalue weighted by atomic mass is 10.2. The number of nitrogens with one attached hydrogen (secondary N) is 2. The molecule has 9 heteroatoms. The Labute approximate surface area is 172 Å². The van der Waals surface area contributed by atoms with Gasteiger partial charge in [0.15, 0.2) is 0 Å². The monoisotopic (exact) mass is 427 g/mol. The van der Waals surface area contributed by atoms with Crippen molar-refractivity contribution in [3.63, 3.8) is 0 Å². The van der Waals surface area contributed by atoms with Gasteiger partial charge in [0.2, 0.25) is 5.91 Å². The molecule has 0 saturated carbocycles. The highest BCUT2D eigenvalue weighted by molar-refractivity contribution is 7.92. The SMILES string of the molecule is COc1ccccc1NS(=O)(=O)c1cc(NC(=O)CCC(C)N)ccc1C.Cl. The van der Waals surface area contributed by atoms with Gasteiger partial charge < -0.3 is 15.8 Å². The molecule has 4 N–H and O–H groups in total. The van der Waals surface area contributed by atoms with E-state index in [9.17, 15) is 13.2 Å². The first kappa shape index (κ1) is 23.7. The Morgan fingerprint density at radius 1 is 1.21 bits per heavy atom. The van der Waals surface area contributed by atoms with Crippen molar-refractivity contribution in [2.45, 2.75) is 37.6 Å². The first-order valence-electron chi connectivity index (χ1n) is 8.55. The fourth-order valence-electron chi connectivity index (χ4n) is 2.48. The quantitative estimate of drug-likeness (QED) is 0.598. The summed E-state index contributed by atoms with van der Waals surface area (Å²) in [7, 11) is -2.39. The lowest BCUT2D eigenvalue weighted by molar-refractivity contribution is -0.116. The smallest absolute Gasteiger partial charge is 0.262 e. The summed E-state index contributed by atoms with van der Waals surface area (Å²) in [5, 5.41) is 2.71. The van der Waals surface area contributed by atoms with Crippen LogP contribution < -0.4 is 20.5 Å². The van der Waals surface area contributed by atoms with E-state index in [0.29, 0.717) is 29.1 Å². The van der Waals surface area contributed by atoms with Gasteiger partial charge in [0, 0.05) is 18.2 Å². The summed E-state index contributed by atoms with van der Waals surface area (Å²) >= 11 is 0. The number of sulfonamides is 1. The van der Waals surface area contributed by atoms with Crippen molar-refractivity contribution in [3.8, 4) is 5.75 Å². The van der Waals surface area contributed by atoms with Crippen LogP contribution in [0.5, 0.6) is 5.75 Å². The van der Waals surface area contributed by atoms with Crippen LogP contribution in [0.3, 0.4) is 0 Å². The highest BCUT2D eigenvalue weighted by Crippen LogP contribution is 2.28. The molecule has 1 amide bonds. The van der Waals surface area contributed by atoms with Gasteiger partial charge in [0.1, 0.15) is 5.75 Å². The highest BCUT2D eigenvalue weighted by atomic mass is 35.5.